The molecule has 2 heterocycles. The van der Waals surface area contributed by atoms with Crippen LogP contribution in [0.4, 0.5) is 5.88 Å². The van der Waals surface area contributed by atoms with Crippen molar-refractivity contribution >= 4 is 22.8 Å². The third kappa shape index (κ3) is 3.04. The normalized spacial score (nSPS) is 11.1. The fourth-order valence-electron chi connectivity index (χ4n) is 2.86. The van der Waals surface area contributed by atoms with Crippen LogP contribution in [0.15, 0.2) is 28.8 Å². The number of carbonyl (C=O) groups is 1. The zero-order chi connectivity index (χ0) is 17.1. The van der Waals surface area contributed by atoms with Crippen molar-refractivity contribution in [2.75, 3.05) is 5.32 Å². The highest BCUT2D eigenvalue weighted by Gasteiger charge is 2.14. The fourth-order valence-corrected chi connectivity index (χ4v) is 2.86. The lowest BCUT2D eigenvalue weighted by molar-refractivity contribution is -0.116. The van der Waals surface area contributed by atoms with Crippen molar-refractivity contribution < 1.29 is 9.32 Å². The van der Waals surface area contributed by atoms with Crippen LogP contribution in [0.5, 0.6) is 0 Å². The summed E-state index contributed by atoms with van der Waals surface area (Å²) in [5, 5.41) is 6.77. The number of fused-ring (bicyclic) bond motifs is 1. The Labute approximate surface area is 140 Å². The number of aryl methyl sites for hydroxylation is 3. The van der Waals surface area contributed by atoms with Crippen LogP contribution in [0.1, 0.15) is 37.4 Å². The van der Waals surface area contributed by atoms with E-state index >= 15 is 0 Å². The van der Waals surface area contributed by atoms with E-state index in [4.69, 9.17) is 4.52 Å². The van der Waals surface area contributed by atoms with E-state index in [1.165, 1.54) is 0 Å². The summed E-state index contributed by atoms with van der Waals surface area (Å²) in [7, 11) is 0. The monoisotopic (exact) mass is 326 g/mol. The number of aromatic nitrogens is 3. The van der Waals surface area contributed by atoms with Crippen LogP contribution in [0.2, 0.25) is 0 Å². The van der Waals surface area contributed by atoms with Crippen molar-refractivity contribution in [3.05, 3.63) is 41.3 Å². The summed E-state index contributed by atoms with van der Waals surface area (Å²) >= 11 is 0. The maximum atomic E-state index is 12.3. The molecule has 0 spiro atoms. The zero-order valence-corrected chi connectivity index (χ0v) is 14.3. The van der Waals surface area contributed by atoms with Crippen LogP contribution in [0.25, 0.3) is 11.0 Å². The van der Waals surface area contributed by atoms with Crippen LogP contribution in [0.3, 0.4) is 0 Å². The number of imidazole rings is 1. The highest BCUT2D eigenvalue weighted by molar-refractivity contribution is 5.90. The molecule has 0 radical (unpaired) electrons. The highest BCUT2D eigenvalue weighted by atomic mass is 16.5. The Morgan fingerprint density at radius 2 is 2.04 bits per heavy atom. The summed E-state index contributed by atoms with van der Waals surface area (Å²) in [5.41, 5.74) is 3.80. The summed E-state index contributed by atoms with van der Waals surface area (Å²) < 4.78 is 7.32. The van der Waals surface area contributed by atoms with E-state index in [2.05, 4.69) is 26.9 Å². The van der Waals surface area contributed by atoms with Crippen molar-refractivity contribution in [1.82, 2.24) is 14.7 Å². The molecule has 0 unspecified atom stereocenters. The number of para-hydroxylation sites is 2. The van der Waals surface area contributed by atoms with Gasteiger partial charge in [0.15, 0.2) is 0 Å². The maximum absolute atomic E-state index is 12.3. The summed E-state index contributed by atoms with van der Waals surface area (Å²) in [6.45, 7) is 6.57. The first-order chi connectivity index (χ1) is 11.6. The number of hydrogen-bond acceptors (Lipinski definition) is 4. The smallest absolute Gasteiger partial charge is 0.234 e. The minimum Gasteiger partial charge on any atom is -0.338 e. The molecule has 2 aromatic heterocycles. The van der Waals surface area contributed by atoms with Gasteiger partial charge in [-0.05, 0) is 25.5 Å². The van der Waals surface area contributed by atoms with Crippen molar-refractivity contribution in [3.8, 4) is 0 Å². The van der Waals surface area contributed by atoms with Gasteiger partial charge in [-0.3, -0.25) is 10.1 Å². The number of amides is 1. The number of carbonyl (C=O) groups excluding carboxylic acids is 1. The van der Waals surface area contributed by atoms with Crippen molar-refractivity contribution in [2.24, 2.45) is 0 Å². The summed E-state index contributed by atoms with van der Waals surface area (Å²) in [5.74, 6) is 1.35. The van der Waals surface area contributed by atoms with E-state index in [9.17, 15) is 4.79 Å². The predicted molar refractivity (Wildman–Crippen MR) is 93.0 cm³/mol. The third-order valence-electron chi connectivity index (χ3n) is 4.22. The van der Waals surface area contributed by atoms with Gasteiger partial charge in [-0.25, -0.2) is 4.98 Å². The maximum Gasteiger partial charge on any atom is 0.234 e. The van der Waals surface area contributed by atoms with Gasteiger partial charge in [0.25, 0.3) is 0 Å². The van der Waals surface area contributed by atoms with E-state index < -0.39 is 0 Å². The van der Waals surface area contributed by atoms with Crippen LogP contribution in [-0.4, -0.2) is 20.6 Å². The molecular formula is C18H22N4O2. The quantitative estimate of drug-likeness (QED) is 0.752. The van der Waals surface area contributed by atoms with Gasteiger partial charge in [0.1, 0.15) is 5.82 Å². The Morgan fingerprint density at radius 1 is 1.25 bits per heavy atom. The Morgan fingerprint density at radius 3 is 2.75 bits per heavy atom. The lowest BCUT2D eigenvalue weighted by Crippen LogP contribution is -2.15. The van der Waals surface area contributed by atoms with Crippen LogP contribution >= 0.6 is 0 Å². The first-order valence-corrected chi connectivity index (χ1v) is 8.33. The fraction of sp³-hybridized carbons (Fsp3) is 0.389. The topological polar surface area (TPSA) is 73.0 Å². The van der Waals surface area contributed by atoms with Crippen LogP contribution in [-0.2, 0) is 24.2 Å². The zero-order valence-electron chi connectivity index (χ0n) is 14.3. The number of anilines is 1. The molecule has 6 heteroatoms. The largest absolute Gasteiger partial charge is 0.338 e. The Hall–Kier alpha value is -2.63. The lowest BCUT2D eigenvalue weighted by atomic mass is 10.2. The third-order valence-corrected chi connectivity index (χ3v) is 4.22. The van der Waals surface area contributed by atoms with Crippen molar-refractivity contribution in [2.45, 2.75) is 46.6 Å². The summed E-state index contributed by atoms with van der Waals surface area (Å²) in [6, 6.07) is 8.00. The van der Waals surface area contributed by atoms with Gasteiger partial charge in [-0.2, -0.15) is 0 Å². The molecule has 0 aliphatic heterocycles. The average molecular weight is 326 g/mol. The van der Waals surface area contributed by atoms with Gasteiger partial charge in [-0.15, -0.1) is 0 Å². The first kappa shape index (κ1) is 16.2. The SMILES string of the molecule is CCc1noc(NC(=O)CCn2c(CC)nc3ccccc32)c1C. The van der Waals surface area contributed by atoms with Crippen LogP contribution in [0, 0.1) is 6.92 Å². The van der Waals surface area contributed by atoms with Gasteiger partial charge < -0.3 is 9.09 Å². The highest BCUT2D eigenvalue weighted by Crippen LogP contribution is 2.20. The van der Waals surface area contributed by atoms with E-state index in [0.29, 0.717) is 18.8 Å². The van der Waals surface area contributed by atoms with E-state index in [0.717, 1.165) is 41.0 Å². The van der Waals surface area contributed by atoms with Crippen LogP contribution < -0.4 is 5.32 Å². The number of rotatable bonds is 6. The molecule has 6 nitrogen and oxygen atoms in total. The Kier molecular flexibility index (Phi) is 4.64. The van der Waals surface area contributed by atoms with Crippen molar-refractivity contribution in [3.63, 3.8) is 0 Å². The minimum absolute atomic E-state index is 0.0864. The molecule has 126 valence electrons. The number of hydrogen-bond donors (Lipinski definition) is 1. The molecule has 0 atom stereocenters. The second kappa shape index (κ2) is 6.86. The van der Waals surface area contributed by atoms with E-state index in [1.807, 2.05) is 38.1 Å². The standard InChI is InChI=1S/C18H22N4O2/c1-4-13-12(3)18(24-21-13)20-17(23)10-11-22-15-9-7-6-8-14(15)19-16(22)5-2/h6-9H,4-5,10-11H2,1-3H3,(H,20,23). The first-order valence-electron chi connectivity index (χ1n) is 8.33. The van der Waals surface area contributed by atoms with Gasteiger partial charge >= 0.3 is 0 Å². The molecule has 0 bridgehead atoms. The van der Waals surface area contributed by atoms with Gasteiger partial charge in [0.2, 0.25) is 11.8 Å². The molecule has 1 aromatic carbocycles. The molecule has 1 amide bonds. The molecular weight excluding hydrogens is 304 g/mol. The van der Waals surface area contributed by atoms with E-state index in [1.54, 1.807) is 0 Å². The molecule has 24 heavy (non-hydrogen) atoms. The molecule has 3 rings (SSSR count). The minimum atomic E-state index is -0.0864. The summed E-state index contributed by atoms with van der Waals surface area (Å²) in [4.78, 5) is 16.9. The number of nitrogens with zero attached hydrogens (tertiary/aromatic N) is 3. The molecule has 3 aromatic rings. The number of nitrogens with one attached hydrogen (secondary N) is 1. The number of benzene rings is 1. The Balaban J connectivity index is 1.71. The summed E-state index contributed by atoms with van der Waals surface area (Å²) in [6.07, 6.45) is 1.97. The molecule has 0 aliphatic rings. The molecule has 1 N–H and O–H groups in total. The predicted octanol–water partition coefficient (Wildman–Crippen LogP) is 3.49. The molecule has 0 fully saturated rings. The van der Waals surface area contributed by atoms with E-state index in [-0.39, 0.29) is 5.91 Å². The molecule has 0 aliphatic carbocycles. The van der Waals surface area contributed by atoms with Gasteiger partial charge in [-0.1, -0.05) is 31.1 Å². The molecule has 0 saturated heterocycles. The van der Waals surface area contributed by atoms with Gasteiger partial charge in [0.05, 0.1) is 16.7 Å². The Bertz CT molecular complexity index is 863. The second-order valence-corrected chi connectivity index (χ2v) is 5.76. The van der Waals surface area contributed by atoms with Crippen molar-refractivity contribution in [1.29, 1.82) is 0 Å². The average Bonchev–Trinajstić information content (AvgIpc) is 3.13. The lowest BCUT2D eigenvalue weighted by Gasteiger charge is -2.08. The second-order valence-electron chi connectivity index (χ2n) is 5.76. The molecule has 0 saturated carbocycles. The van der Waals surface area contributed by atoms with Gasteiger partial charge in [0, 0.05) is 24.9 Å².